The van der Waals surface area contributed by atoms with Crippen LogP contribution in [0.15, 0.2) is 29.2 Å². The van der Waals surface area contributed by atoms with Crippen molar-refractivity contribution in [2.24, 2.45) is 0 Å². The molecule has 1 amide bonds. The molecule has 1 aliphatic rings. The second-order valence-corrected chi connectivity index (χ2v) is 8.95. The Hall–Kier alpha value is -2.32. The summed E-state index contributed by atoms with van der Waals surface area (Å²) in [7, 11) is -2.02. The number of aromatic nitrogens is 1. The van der Waals surface area contributed by atoms with E-state index in [-0.39, 0.29) is 16.5 Å². The van der Waals surface area contributed by atoms with E-state index in [4.69, 9.17) is 4.74 Å². The smallest absolute Gasteiger partial charge is 0.268 e. The van der Waals surface area contributed by atoms with Gasteiger partial charge in [-0.25, -0.2) is 8.42 Å². The third kappa shape index (κ3) is 4.07. The van der Waals surface area contributed by atoms with Crippen molar-refractivity contribution < 1.29 is 17.9 Å². The minimum Gasteiger partial charge on any atom is -0.497 e. The first-order valence-corrected chi connectivity index (χ1v) is 10.9. The van der Waals surface area contributed by atoms with Crippen molar-refractivity contribution in [1.82, 2.24) is 14.6 Å². The molecule has 28 heavy (non-hydrogen) atoms. The molecule has 0 unspecified atom stereocenters. The van der Waals surface area contributed by atoms with Crippen LogP contribution in [-0.4, -0.2) is 43.8 Å². The molecule has 1 aromatic heterocycles. The van der Waals surface area contributed by atoms with E-state index in [0.717, 1.165) is 24.8 Å². The number of benzene rings is 1. The molecule has 2 N–H and O–H groups in total. The summed E-state index contributed by atoms with van der Waals surface area (Å²) < 4.78 is 32.9. The van der Waals surface area contributed by atoms with Crippen molar-refractivity contribution in [2.75, 3.05) is 20.2 Å². The average molecular weight is 406 g/mol. The summed E-state index contributed by atoms with van der Waals surface area (Å²) in [6.07, 6.45) is 2.79. The number of piperidine rings is 1. The first-order chi connectivity index (χ1) is 13.3. The number of nitrogens with one attached hydrogen (secondary N) is 2. The number of ether oxygens (including phenoxy) is 1. The second kappa shape index (κ2) is 8.36. The van der Waals surface area contributed by atoms with Crippen LogP contribution < -0.4 is 10.1 Å². The number of amides is 1. The third-order valence-corrected chi connectivity index (χ3v) is 7.27. The van der Waals surface area contributed by atoms with Gasteiger partial charge in [-0.3, -0.25) is 4.79 Å². The summed E-state index contributed by atoms with van der Waals surface area (Å²) in [4.78, 5) is 15.9. The van der Waals surface area contributed by atoms with Gasteiger partial charge in [0.05, 0.1) is 7.11 Å². The number of carbonyl (C=O) groups is 1. The molecule has 8 heteroatoms. The van der Waals surface area contributed by atoms with Crippen LogP contribution in [0.4, 0.5) is 0 Å². The first-order valence-electron chi connectivity index (χ1n) is 9.45. The number of rotatable bonds is 6. The molecule has 1 fully saturated rings. The summed E-state index contributed by atoms with van der Waals surface area (Å²) in [5.41, 5.74) is 2.14. The maximum absolute atomic E-state index is 13.1. The molecule has 2 heterocycles. The van der Waals surface area contributed by atoms with Crippen LogP contribution in [0.5, 0.6) is 5.75 Å². The van der Waals surface area contributed by atoms with Crippen molar-refractivity contribution in [3.8, 4) is 5.75 Å². The third-order valence-electron chi connectivity index (χ3n) is 5.10. The minimum atomic E-state index is -3.61. The highest BCUT2D eigenvalue weighted by molar-refractivity contribution is 7.89. The van der Waals surface area contributed by atoms with Crippen LogP contribution in [0.1, 0.15) is 46.6 Å². The molecule has 152 valence electrons. The number of H-pyrrole nitrogens is 1. The van der Waals surface area contributed by atoms with Gasteiger partial charge in [0.15, 0.2) is 0 Å². The molecule has 0 spiro atoms. The number of sulfonamides is 1. The number of carbonyl (C=O) groups excluding carboxylic acids is 1. The summed E-state index contributed by atoms with van der Waals surface area (Å²) in [6.45, 7) is 4.76. The van der Waals surface area contributed by atoms with Gasteiger partial charge in [0.2, 0.25) is 10.0 Å². The SMILES string of the molecule is COc1cccc(CNC(=O)c2[nH]c(C)c(S(=O)(=O)N3CCCCC3)c2C)c1. The fourth-order valence-electron chi connectivity index (χ4n) is 3.63. The molecule has 1 saturated heterocycles. The van der Waals surface area contributed by atoms with Gasteiger partial charge >= 0.3 is 0 Å². The van der Waals surface area contributed by atoms with Gasteiger partial charge in [0.1, 0.15) is 16.3 Å². The normalized spacial score (nSPS) is 15.4. The van der Waals surface area contributed by atoms with Crippen molar-refractivity contribution in [1.29, 1.82) is 0 Å². The molecule has 0 saturated carbocycles. The quantitative estimate of drug-likeness (QED) is 0.773. The highest BCUT2D eigenvalue weighted by Crippen LogP contribution is 2.28. The Bertz CT molecular complexity index is 960. The Balaban J connectivity index is 1.79. The number of hydrogen-bond acceptors (Lipinski definition) is 4. The molecule has 0 aliphatic carbocycles. The van der Waals surface area contributed by atoms with E-state index in [9.17, 15) is 13.2 Å². The summed E-state index contributed by atoms with van der Waals surface area (Å²) in [5.74, 6) is 0.386. The van der Waals surface area contributed by atoms with E-state index < -0.39 is 10.0 Å². The predicted molar refractivity (Wildman–Crippen MR) is 107 cm³/mol. The lowest BCUT2D eigenvalue weighted by Gasteiger charge is -2.26. The number of aromatic amines is 1. The Morgan fingerprint density at radius 1 is 1.21 bits per heavy atom. The molecule has 1 aromatic carbocycles. The Kier molecular flexibility index (Phi) is 6.10. The number of methoxy groups -OCH3 is 1. The zero-order chi connectivity index (χ0) is 20.3. The van der Waals surface area contributed by atoms with Gasteiger partial charge in [-0.2, -0.15) is 4.31 Å². The standard InChI is InChI=1S/C20H27N3O4S/c1-14-18(20(24)21-13-16-8-7-9-17(12-16)27-3)22-15(2)19(14)28(25,26)23-10-5-4-6-11-23/h7-9,12,22H,4-6,10-11,13H2,1-3H3,(H,21,24). The molecule has 0 bridgehead atoms. The zero-order valence-corrected chi connectivity index (χ0v) is 17.4. The summed E-state index contributed by atoms with van der Waals surface area (Å²) in [6, 6.07) is 7.43. The van der Waals surface area contributed by atoms with Gasteiger partial charge in [0, 0.05) is 25.3 Å². The van der Waals surface area contributed by atoms with E-state index in [1.807, 2.05) is 24.3 Å². The maximum Gasteiger partial charge on any atom is 0.268 e. The first kappa shape index (κ1) is 20.4. The molecule has 0 atom stereocenters. The highest BCUT2D eigenvalue weighted by atomic mass is 32.2. The molecule has 2 aromatic rings. The highest BCUT2D eigenvalue weighted by Gasteiger charge is 2.32. The molecule has 0 radical (unpaired) electrons. The summed E-state index contributed by atoms with van der Waals surface area (Å²) >= 11 is 0. The Morgan fingerprint density at radius 3 is 2.61 bits per heavy atom. The summed E-state index contributed by atoms with van der Waals surface area (Å²) in [5, 5.41) is 2.84. The van der Waals surface area contributed by atoms with E-state index in [1.165, 1.54) is 4.31 Å². The van der Waals surface area contributed by atoms with Gasteiger partial charge in [0.25, 0.3) is 5.91 Å². The van der Waals surface area contributed by atoms with Crippen molar-refractivity contribution in [3.63, 3.8) is 0 Å². The van der Waals surface area contributed by atoms with Crippen molar-refractivity contribution >= 4 is 15.9 Å². The van der Waals surface area contributed by atoms with Gasteiger partial charge in [-0.15, -0.1) is 0 Å². The monoisotopic (exact) mass is 405 g/mol. The molecular weight excluding hydrogens is 378 g/mol. The van der Waals surface area contributed by atoms with Crippen LogP contribution in [0.3, 0.4) is 0 Å². The molecule has 3 rings (SSSR count). The largest absolute Gasteiger partial charge is 0.497 e. The lowest BCUT2D eigenvalue weighted by atomic mass is 10.2. The van der Waals surface area contributed by atoms with Crippen molar-refractivity contribution in [2.45, 2.75) is 44.6 Å². The predicted octanol–water partition coefficient (Wildman–Crippen LogP) is 2.74. The van der Waals surface area contributed by atoms with E-state index in [1.54, 1.807) is 21.0 Å². The van der Waals surface area contributed by atoms with Crippen LogP contribution in [0, 0.1) is 13.8 Å². The van der Waals surface area contributed by atoms with Gasteiger partial charge in [-0.1, -0.05) is 18.6 Å². The lowest BCUT2D eigenvalue weighted by Crippen LogP contribution is -2.36. The Labute approximate surface area is 166 Å². The maximum atomic E-state index is 13.1. The van der Waals surface area contributed by atoms with E-state index >= 15 is 0 Å². The van der Waals surface area contributed by atoms with Crippen molar-refractivity contribution in [3.05, 3.63) is 46.8 Å². The molecule has 7 nitrogen and oxygen atoms in total. The number of nitrogens with zero attached hydrogens (tertiary/aromatic N) is 1. The van der Waals surface area contributed by atoms with Crippen LogP contribution in [-0.2, 0) is 16.6 Å². The zero-order valence-electron chi connectivity index (χ0n) is 16.5. The average Bonchev–Trinajstić information content (AvgIpc) is 3.01. The second-order valence-electron chi connectivity index (χ2n) is 7.08. The Morgan fingerprint density at radius 2 is 1.93 bits per heavy atom. The van der Waals surface area contributed by atoms with E-state index in [0.29, 0.717) is 36.6 Å². The van der Waals surface area contributed by atoms with Crippen LogP contribution >= 0.6 is 0 Å². The van der Waals surface area contributed by atoms with E-state index in [2.05, 4.69) is 10.3 Å². The lowest BCUT2D eigenvalue weighted by molar-refractivity contribution is 0.0945. The van der Waals surface area contributed by atoms with Gasteiger partial charge in [-0.05, 0) is 49.9 Å². The topological polar surface area (TPSA) is 91.5 Å². The van der Waals surface area contributed by atoms with Gasteiger partial charge < -0.3 is 15.0 Å². The minimum absolute atomic E-state index is 0.223. The fraction of sp³-hybridized carbons (Fsp3) is 0.450. The molecular formula is C20H27N3O4S. The number of aryl methyl sites for hydroxylation is 1. The van der Waals surface area contributed by atoms with Crippen LogP contribution in [0.25, 0.3) is 0 Å². The molecule has 1 aliphatic heterocycles. The van der Waals surface area contributed by atoms with Crippen LogP contribution in [0.2, 0.25) is 0 Å². The number of hydrogen-bond donors (Lipinski definition) is 2. The fourth-order valence-corrected chi connectivity index (χ4v) is 5.56.